The number of nitrogens with one attached hydrogen (secondary N) is 1. The Morgan fingerprint density at radius 1 is 1.53 bits per heavy atom. The van der Waals surface area contributed by atoms with Gasteiger partial charge in [0.05, 0.1) is 6.61 Å². The number of benzene rings is 1. The Morgan fingerprint density at radius 2 is 2.41 bits per heavy atom. The molecule has 0 saturated heterocycles. The average Bonchev–Trinajstić information content (AvgIpc) is 2.36. The van der Waals surface area contributed by atoms with Crippen LogP contribution in [0.3, 0.4) is 0 Å². The van der Waals surface area contributed by atoms with Crippen molar-refractivity contribution in [3.05, 3.63) is 34.9 Å². The van der Waals surface area contributed by atoms with E-state index in [0.29, 0.717) is 6.61 Å². The smallest absolute Gasteiger partial charge is 0.384 e. The molecule has 0 unspecified atom stereocenters. The molecule has 1 aliphatic heterocycles. The van der Waals surface area contributed by atoms with Gasteiger partial charge in [-0.25, -0.2) is 4.79 Å². The summed E-state index contributed by atoms with van der Waals surface area (Å²) in [4.78, 5) is 11.2. The van der Waals surface area contributed by atoms with E-state index in [1.165, 1.54) is 11.1 Å². The number of fused-ring (bicyclic) bond motifs is 1. The van der Waals surface area contributed by atoms with Crippen molar-refractivity contribution in [3.63, 3.8) is 0 Å². The molecule has 1 aromatic rings. The molecule has 0 fully saturated rings. The summed E-state index contributed by atoms with van der Waals surface area (Å²) in [7, 11) is 0. The lowest BCUT2D eigenvalue weighted by molar-refractivity contribution is -0.136. The van der Waals surface area contributed by atoms with Crippen molar-refractivity contribution in [2.75, 3.05) is 13.2 Å². The Kier molecular flexibility index (Phi) is 3.79. The van der Waals surface area contributed by atoms with Crippen molar-refractivity contribution < 1.29 is 9.53 Å². The van der Waals surface area contributed by atoms with E-state index in [0.717, 1.165) is 25.1 Å². The van der Waals surface area contributed by atoms with Crippen molar-refractivity contribution in [1.29, 1.82) is 0 Å². The molecule has 0 atom stereocenters. The highest BCUT2D eigenvalue weighted by atomic mass is 16.5. The lowest BCUT2D eigenvalue weighted by Crippen LogP contribution is -2.24. The minimum absolute atomic E-state index is 0.365. The number of carbonyl (C=O) groups excluding carboxylic acids is 1. The molecule has 0 amide bonds. The molecule has 1 N–H and O–H groups in total. The number of carbonyl (C=O) groups is 1. The molecule has 3 heteroatoms. The number of ether oxygens (including phenoxy) is 1. The molecule has 3 nitrogen and oxygen atoms in total. The first-order valence-electron chi connectivity index (χ1n) is 5.81. The largest absolute Gasteiger partial charge is 0.456 e. The summed E-state index contributed by atoms with van der Waals surface area (Å²) in [6, 6.07) is 6.02. The quantitative estimate of drug-likeness (QED) is 0.582. The van der Waals surface area contributed by atoms with E-state index in [4.69, 9.17) is 4.74 Å². The lowest BCUT2D eigenvalue weighted by atomic mass is 9.96. The minimum Gasteiger partial charge on any atom is -0.456 e. The molecule has 2 rings (SSSR count). The van der Waals surface area contributed by atoms with Gasteiger partial charge in [-0.3, -0.25) is 0 Å². The van der Waals surface area contributed by atoms with Crippen LogP contribution in [-0.4, -0.2) is 19.1 Å². The molecule has 1 aliphatic rings. The van der Waals surface area contributed by atoms with Crippen LogP contribution in [0.5, 0.6) is 0 Å². The van der Waals surface area contributed by atoms with Crippen molar-refractivity contribution in [2.45, 2.75) is 19.9 Å². The topological polar surface area (TPSA) is 38.3 Å². The highest BCUT2D eigenvalue weighted by Crippen LogP contribution is 2.17. The number of hydrogen-bond acceptors (Lipinski definition) is 3. The third kappa shape index (κ3) is 2.86. The fourth-order valence-electron chi connectivity index (χ4n) is 1.93. The van der Waals surface area contributed by atoms with E-state index >= 15 is 0 Å². The highest BCUT2D eigenvalue weighted by molar-refractivity contribution is 5.89. The molecular weight excluding hydrogens is 214 g/mol. The molecule has 1 heterocycles. The Labute approximate surface area is 101 Å². The Hall–Kier alpha value is -1.79. The first-order chi connectivity index (χ1) is 8.31. The zero-order valence-electron chi connectivity index (χ0n) is 9.88. The number of esters is 1. The summed E-state index contributed by atoms with van der Waals surface area (Å²) in [6.07, 6.45) is 0.961. The summed E-state index contributed by atoms with van der Waals surface area (Å²) < 4.78 is 4.78. The Balaban J connectivity index is 2.24. The van der Waals surface area contributed by atoms with Crippen LogP contribution in [0.25, 0.3) is 0 Å². The average molecular weight is 229 g/mol. The van der Waals surface area contributed by atoms with Crippen LogP contribution in [0.2, 0.25) is 0 Å². The van der Waals surface area contributed by atoms with Crippen molar-refractivity contribution >= 4 is 5.97 Å². The van der Waals surface area contributed by atoms with Gasteiger partial charge in [-0.2, -0.15) is 0 Å². The molecule has 0 spiro atoms. The molecule has 0 aliphatic carbocycles. The number of rotatable bonds is 1. The standard InChI is InChI=1S/C14H15NO2/c1-2-17-14(16)7-6-11-4-3-5-12-10-15-9-8-13(11)12/h3-5,15H,2,8-10H2,1H3. The van der Waals surface area contributed by atoms with Gasteiger partial charge in [0, 0.05) is 18.0 Å². The lowest BCUT2D eigenvalue weighted by Gasteiger charge is -2.17. The first-order valence-corrected chi connectivity index (χ1v) is 5.81. The van der Waals surface area contributed by atoms with Crippen LogP contribution in [0.1, 0.15) is 23.6 Å². The maximum Gasteiger partial charge on any atom is 0.384 e. The summed E-state index contributed by atoms with van der Waals surface area (Å²) in [6.45, 7) is 3.98. The zero-order chi connectivity index (χ0) is 12.1. The van der Waals surface area contributed by atoms with Gasteiger partial charge >= 0.3 is 5.97 Å². The van der Waals surface area contributed by atoms with Crippen molar-refractivity contribution in [2.24, 2.45) is 0 Å². The van der Waals surface area contributed by atoms with Crippen LogP contribution in [0, 0.1) is 11.8 Å². The molecule has 17 heavy (non-hydrogen) atoms. The van der Waals surface area contributed by atoms with Crippen LogP contribution < -0.4 is 5.32 Å². The van der Waals surface area contributed by atoms with Crippen LogP contribution >= 0.6 is 0 Å². The zero-order valence-corrected chi connectivity index (χ0v) is 9.88. The monoisotopic (exact) mass is 229 g/mol. The molecule has 1 aromatic carbocycles. The molecular formula is C14H15NO2. The van der Waals surface area contributed by atoms with E-state index in [1.54, 1.807) is 6.92 Å². The van der Waals surface area contributed by atoms with Gasteiger partial charge in [-0.05, 0) is 37.1 Å². The van der Waals surface area contributed by atoms with Crippen molar-refractivity contribution in [3.8, 4) is 11.8 Å². The first kappa shape index (κ1) is 11.7. The maximum absolute atomic E-state index is 11.2. The fraction of sp³-hybridized carbons (Fsp3) is 0.357. The SMILES string of the molecule is CCOC(=O)C#Cc1cccc2c1CCNC2. The van der Waals surface area contributed by atoms with Gasteiger partial charge in [0.15, 0.2) is 0 Å². The van der Waals surface area contributed by atoms with Gasteiger partial charge in [-0.15, -0.1) is 0 Å². The minimum atomic E-state index is -0.459. The second-order valence-electron chi connectivity index (χ2n) is 3.84. The second-order valence-corrected chi connectivity index (χ2v) is 3.84. The third-order valence-corrected chi connectivity index (χ3v) is 2.71. The van der Waals surface area contributed by atoms with Crippen LogP contribution in [0.15, 0.2) is 18.2 Å². The Bertz CT molecular complexity index is 483. The molecule has 0 saturated carbocycles. The van der Waals surface area contributed by atoms with E-state index < -0.39 is 5.97 Å². The van der Waals surface area contributed by atoms with Gasteiger partial charge in [0.2, 0.25) is 0 Å². The van der Waals surface area contributed by atoms with Gasteiger partial charge in [0.1, 0.15) is 0 Å². The third-order valence-electron chi connectivity index (χ3n) is 2.71. The molecule has 0 aromatic heterocycles. The number of hydrogen-bond donors (Lipinski definition) is 1. The maximum atomic E-state index is 11.2. The van der Waals surface area contributed by atoms with E-state index in [9.17, 15) is 4.79 Å². The fourth-order valence-corrected chi connectivity index (χ4v) is 1.93. The molecule has 88 valence electrons. The van der Waals surface area contributed by atoms with Crippen LogP contribution in [-0.2, 0) is 22.5 Å². The van der Waals surface area contributed by atoms with Gasteiger partial charge < -0.3 is 10.1 Å². The predicted octanol–water partition coefficient (Wildman–Crippen LogP) is 1.25. The summed E-state index contributed by atoms with van der Waals surface area (Å²) >= 11 is 0. The predicted molar refractivity (Wildman–Crippen MR) is 65.4 cm³/mol. The Morgan fingerprint density at radius 3 is 3.24 bits per heavy atom. The molecule has 0 radical (unpaired) electrons. The van der Waals surface area contributed by atoms with Gasteiger partial charge in [-0.1, -0.05) is 18.1 Å². The summed E-state index contributed by atoms with van der Waals surface area (Å²) in [5.74, 6) is 4.96. The summed E-state index contributed by atoms with van der Waals surface area (Å²) in [5, 5.41) is 3.31. The van der Waals surface area contributed by atoms with E-state index in [1.807, 2.05) is 12.1 Å². The normalized spacial score (nSPS) is 13.2. The highest BCUT2D eigenvalue weighted by Gasteiger charge is 2.10. The van der Waals surface area contributed by atoms with E-state index in [2.05, 4.69) is 23.2 Å². The molecule has 0 bridgehead atoms. The van der Waals surface area contributed by atoms with Gasteiger partial charge in [0.25, 0.3) is 0 Å². The second kappa shape index (κ2) is 5.51. The van der Waals surface area contributed by atoms with E-state index in [-0.39, 0.29) is 0 Å². The summed E-state index contributed by atoms with van der Waals surface area (Å²) in [5.41, 5.74) is 3.46. The van der Waals surface area contributed by atoms with Crippen molar-refractivity contribution in [1.82, 2.24) is 5.32 Å². The van der Waals surface area contributed by atoms with Crippen LogP contribution in [0.4, 0.5) is 0 Å².